The lowest BCUT2D eigenvalue weighted by Gasteiger charge is -2.09. The first kappa shape index (κ1) is 12.6. The third kappa shape index (κ3) is 2.68. The summed E-state index contributed by atoms with van der Waals surface area (Å²) in [7, 11) is 1.86. The third-order valence-corrected chi connectivity index (χ3v) is 2.71. The van der Waals surface area contributed by atoms with Crippen molar-refractivity contribution >= 4 is 0 Å². The van der Waals surface area contributed by atoms with Crippen LogP contribution in [0.1, 0.15) is 24.4 Å². The summed E-state index contributed by atoms with van der Waals surface area (Å²) in [6.07, 6.45) is 2.67. The van der Waals surface area contributed by atoms with Gasteiger partial charge in [-0.3, -0.25) is 0 Å². The molecular formula is C13H15FN2O2. The average molecular weight is 250 g/mol. The second-order valence-corrected chi connectivity index (χ2v) is 4.10. The number of aliphatic hydroxyl groups excluding tert-OH is 1. The molecule has 0 aliphatic rings. The molecule has 96 valence electrons. The molecule has 0 fully saturated rings. The summed E-state index contributed by atoms with van der Waals surface area (Å²) in [5, 5.41) is 9.32. The first-order valence-corrected chi connectivity index (χ1v) is 5.64. The molecule has 1 heterocycles. The highest BCUT2D eigenvalue weighted by Gasteiger charge is 2.09. The van der Waals surface area contributed by atoms with E-state index in [1.54, 1.807) is 12.3 Å². The maximum Gasteiger partial charge on any atom is 0.146 e. The molecule has 1 atom stereocenters. The molecule has 0 radical (unpaired) electrons. The van der Waals surface area contributed by atoms with Gasteiger partial charge in [0.05, 0.1) is 6.10 Å². The second kappa shape index (κ2) is 5.18. The summed E-state index contributed by atoms with van der Waals surface area (Å²) in [4.78, 5) is 4.10. The van der Waals surface area contributed by atoms with E-state index >= 15 is 0 Å². The SMILES string of the molecule is C[C@H](O)c1ccc(OCc2nccn2C)cc1F. The van der Waals surface area contributed by atoms with Crippen molar-refractivity contribution < 1.29 is 14.2 Å². The van der Waals surface area contributed by atoms with E-state index in [-0.39, 0.29) is 12.2 Å². The molecule has 0 aliphatic heterocycles. The molecule has 5 heteroatoms. The van der Waals surface area contributed by atoms with E-state index in [4.69, 9.17) is 4.74 Å². The molecular weight excluding hydrogens is 235 g/mol. The van der Waals surface area contributed by atoms with Gasteiger partial charge in [-0.05, 0) is 19.1 Å². The highest BCUT2D eigenvalue weighted by Crippen LogP contribution is 2.22. The molecule has 0 spiro atoms. The lowest BCUT2D eigenvalue weighted by atomic mass is 10.1. The number of nitrogens with zero attached hydrogens (tertiary/aromatic N) is 2. The van der Waals surface area contributed by atoms with Gasteiger partial charge in [0.1, 0.15) is 24.0 Å². The first-order chi connectivity index (χ1) is 8.58. The number of aromatic nitrogens is 2. The number of imidazole rings is 1. The van der Waals surface area contributed by atoms with Crippen molar-refractivity contribution in [1.29, 1.82) is 0 Å². The van der Waals surface area contributed by atoms with Crippen molar-refractivity contribution in [2.45, 2.75) is 19.6 Å². The second-order valence-electron chi connectivity index (χ2n) is 4.10. The zero-order chi connectivity index (χ0) is 13.1. The van der Waals surface area contributed by atoms with Crippen LogP contribution >= 0.6 is 0 Å². The number of rotatable bonds is 4. The molecule has 1 aromatic heterocycles. The summed E-state index contributed by atoms with van der Waals surface area (Å²) < 4.78 is 20.9. The summed E-state index contributed by atoms with van der Waals surface area (Å²) in [6, 6.07) is 4.42. The van der Waals surface area contributed by atoms with Crippen molar-refractivity contribution in [1.82, 2.24) is 9.55 Å². The molecule has 0 saturated carbocycles. The Bertz CT molecular complexity index is 538. The fourth-order valence-corrected chi connectivity index (χ4v) is 1.62. The number of benzene rings is 1. The Balaban J connectivity index is 2.07. The molecule has 0 amide bonds. The first-order valence-electron chi connectivity index (χ1n) is 5.64. The van der Waals surface area contributed by atoms with Crippen LogP contribution < -0.4 is 4.74 Å². The molecule has 1 aromatic carbocycles. The van der Waals surface area contributed by atoms with Gasteiger partial charge >= 0.3 is 0 Å². The molecule has 0 unspecified atom stereocenters. The number of aryl methyl sites for hydroxylation is 1. The van der Waals surface area contributed by atoms with E-state index in [0.717, 1.165) is 5.82 Å². The average Bonchev–Trinajstić information content (AvgIpc) is 2.72. The van der Waals surface area contributed by atoms with Gasteiger partial charge in [-0.1, -0.05) is 0 Å². The van der Waals surface area contributed by atoms with Gasteiger partial charge in [0.15, 0.2) is 0 Å². The van der Waals surface area contributed by atoms with Crippen LogP contribution in [0.15, 0.2) is 30.6 Å². The maximum atomic E-state index is 13.6. The van der Waals surface area contributed by atoms with Gasteiger partial charge in [0, 0.05) is 31.1 Å². The lowest BCUT2D eigenvalue weighted by Crippen LogP contribution is -2.04. The number of ether oxygens (including phenoxy) is 1. The van der Waals surface area contributed by atoms with Crippen molar-refractivity contribution in [3.63, 3.8) is 0 Å². The molecule has 0 saturated heterocycles. The Morgan fingerprint density at radius 3 is 2.83 bits per heavy atom. The Labute approximate surface area is 105 Å². The topological polar surface area (TPSA) is 47.3 Å². The molecule has 2 aromatic rings. The highest BCUT2D eigenvalue weighted by atomic mass is 19.1. The van der Waals surface area contributed by atoms with Gasteiger partial charge in [-0.25, -0.2) is 9.37 Å². The van der Waals surface area contributed by atoms with Crippen LogP contribution in [0.3, 0.4) is 0 Å². The zero-order valence-electron chi connectivity index (χ0n) is 10.3. The maximum absolute atomic E-state index is 13.6. The van der Waals surface area contributed by atoms with Gasteiger partial charge in [-0.2, -0.15) is 0 Å². The molecule has 2 rings (SSSR count). The molecule has 4 nitrogen and oxygen atoms in total. The van der Waals surface area contributed by atoms with Gasteiger partial charge in [0.2, 0.25) is 0 Å². The Hall–Kier alpha value is -1.88. The van der Waals surface area contributed by atoms with Crippen LogP contribution in [0.2, 0.25) is 0 Å². The fourth-order valence-electron chi connectivity index (χ4n) is 1.62. The van der Waals surface area contributed by atoms with Gasteiger partial charge in [0.25, 0.3) is 0 Å². The van der Waals surface area contributed by atoms with E-state index in [9.17, 15) is 9.50 Å². The Morgan fingerprint density at radius 1 is 1.50 bits per heavy atom. The van der Waals surface area contributed by atoms with Crippen molar-refractivity contribution in [2.24, 2.45) is 7.05 Å². The normalized spacial score (nSPS) is 12.4. The third-order valence-electron chi connectivity index (χ3n) is 2.71. The Morgan fingerprint density at radius 2 is 2.28 bits per heavy atom. The standard InChI is InChI=1S/C13H15FN2O2/c1-9(17)11-4-3-10(7-12(11)14)18-8-13-15-5-6-16(13)2/h3-7,9,17H,8H2,1-2H3/t9-/m0/s1. The minimum Gasteiger partial charge on any atom is -0.486 e. The minimum absolute atomic E-state index is 0.263. The van der Waals surface area contributed by atoms with Crippen molar-refractivity contribution in [3.05, 3.63) is 47.8 Å². The predicted octanol–water partition coefficient (Wildman–Crippen LogP) is 2.19. The van der Waals surface area contributed by atoms with Crippen LogP contribution in [0.25, 0.3) is 0 Å². The highest BCUT2D eigenvalue weighted by molar-refractivity contribution is 5.30. The van der Waals surface area contributed by atoms with E-state index in [2.05, 4.69) is 4.98 Å². The number of hydrogen-bond donors (Lipinski definition) is 1. The van der Waals surface area contributed by atoms with E-state index in [1.807, 2.05) is 17.8 Å². The predicted molar refractivity (Wildman–Crippen MR) is 64.6 cm³/mol. The Kier molecular flexibility index (Phi) is 3.62. The monoisotopic (exact) mass is 250 g/mol. The van der Waals surface area contributed by atoms with E-state index in [0.29, 0.717) is 5.75 Å². The summed E-state index contributed by atoms with van der Waals surface area (Å²) in [6.45, 7) is 1.80. The number of aliphatic hydroxyl groups is 1. The summed E-state index contributed by atoms with van der Waals surface area (Å²) in [5.74, 6) is 0.706. The van der Waals surface area contributed by atoms with E-state index < -0.39 is 11.9 Å². The number of halogens is 1. The van der Waals surface area contributed by atoms with Crippen LogP contribution in [-0.4, -0.2) is 14.7 Å². The van der Waals surface area contributed by atoms with Crippen LogP contribution in [0.5, 0.6) is 5.75 Å². The van der Waals surface area contributed by atoms with Crippen LogP contribution in [-0.2, 0) is 13.7 Å². The molecule has 0 aliphatic carbocycles. The molecule has 1 N–H and O–H groups in total. The quantitative estimate of drug-likeness (QED) is 0.904. The van der Waals surface area contributed by atoms with Gasteiger partial charge in [-0.15, -0.1) is 0 Å². The fraction of sp³-hybridized carbons (Fsp3) is 0.308. The van der Waals surface area contributed by atoms with Crippen molar-refractivity contribution in [2.75, 3.05) is 0 Å². The van der Waals surface area contributed by atoms with Gasteiger partial charge < -0.3 is 14.4 Å². The smallest absolute Gasteiger partial charge is 0.146 e. The van der Waals surface area contributed by atoms with Crippen LogP contribution in [0, 0.1) is 5.82 Å². The summed E-state index contributed by atoms with van der Waals surface area (Å²) >= 11 is 0. The zero-order valence-corrected chi connectivity index (χ0v) is 10.3. The van der Waals surface area contributed by atoms with Crippen LogP contribution in [0.4, 0.5) is 4.39 Å². The minimum atomic E-state index is -0.825. The summed E-state index contributed by atoms with van der Waals surface area (Å²) in [5.41, 5.74) is 0.263. The number of hydrogen-bond acceptors (Lipinski definition) is 3. The van der Waals surface area contributed by atoms with Crippen molar-refractivity contribution in [3.8, 4) is 5.75 Å². The molecule has 18 heavy (non-hydrogen) atoms. The molecule has 0 bridgehead atoms. The largest absolute Gasteiger partial charge is 0.486 e. The van der Waals surface area contributed by atoms with E-state index in [1.165, 1.54) is 19.1 Å². The lowest BCUT2D eigenvalue weighted by molar-refractivity contribution is 0.193.